The van der Waals surface area contributed by atoms with Gasteiger partial charge in [0.25, 0.3) is 5.91 Å². The smallest absolute Gasteiger partial charge is 0.273 e. The fraction of sp³-hybridized carbons (Fsp3) is 0.333. The number of fused-ring (bicyclic) bond motifs is 2. The van der Waals surface area contributed by atoms with Gasteiger partial charge in [-0.2, -0.15) is 5.10 Å². The predicted octanol–water partition coefficient (Wildman–Crippen LogP) is 5.23. The highest BCUT2D eigenvalue weighted by Gasteiger charge is 2.43. The molecule has 9 heteroatoms. The van der Waals surface area contributed by atoms with Crippen LogP contribution in [0.5, 0.6) is 0 Å². The average Bonchev–Trinajstić information content (AvgIpc) is 3.86. The van der Waals surface area contributed by atoms with Crippen LogP contribution < -0.4 is 5.73 Å². The highest BCUT2D eigenvalue weighted by Crippen LogP contribution is 2.48. The molecule has 39 heavy (non-hydrogen) atoms. The maximum Gasteiger partial charge on any atom is 0.273 e. The number of carbonyl (C=O) groups is 2. The van der Waals surface area contributed by atoms with Crippen LogP contribution in [0.2, 0.25) is 0 Å². The van der Waals surface area contributed by atoms with Crippen molar-refractivity contribution in [2.75, 3.05) is 6.54 Å². The van der Waals surface area contributed by atoms with Crippen molar-refractivity contribution in [2.45, 2.75) is 50.2 Å². The average molecular weight is 528 g/mol. The van der Waals surface area contributed by atoms with Gasteiger partial charge in [-0.1, -0.05) is 30.3 Å². The van der Waals surface area contributed by atoms with E-state index in [9.17, 15) is 9.59 Å². The first kappa shape index (κ1) is 23.9. The van der Waals surface area contributed by atoms with E-state index in [0.29, 0.717) is 28.9 Å². The summed E-state index contributed by atoms with van der Waals surface area (Å²) < 4.78 is 31.9. The van der Waals surface area contributed by atoms with Gasteiger partial charge < -0.3 is 10.6 Å². The number of nitrogens with two attached hydrogens (primary N) is 1. The molecule has 2 aromatic carbocycles. The number of hydrogen-bond donors (Lipinski definition) is 1. The van der Waals surface area contributed by atoms with Gasteiger partial charge in [-0.25, -0.2) is 18.3 Å². The van der Waals surface area contributed by atoms with Crippen LogP contribution in [0.15, 0.2) is 54.6 Å². The second-order valence-electron chi connectivity index (χ2n) is 11.0. The van der Waals surface area contributed by atoms with E-state index >= 15 is 8.78 Å². The van der Waals surface area contributed by atoms with E-state index < -0.39 is 12.0 Å². The van der Waals surface area contributed by atoms with Crippen LogP contribution in [0, 0.1) is 11.7 Å². The first-order valence-electron chi connectivity index (χ1n) is 13.3. The fourth-order valence-corrected chi connectivity index (χ4v) is 5.94. The molecule has 2 saturated carbocycles. The molecule has 2 aromatic heterocycles. The second-order valence-corrected chi connectivity index (χ2v) is 11.0. The third-order valence-electron chi connectivity index (χ3n) is 8.39. The Morgan fingerprint density at radius 3 is 2.51 bits per heavy atom. The van der Waals surface area contributed by atoms with Crippen molar-refractivity contribution >= 4 is 17.5 Å². The molecule has 3 heterocycles. The van der Waals surface area contributed by atoms with Crippen molar-refractivity contribution in [1.82, 2.24) is 19.5 Å². The number of carbonyl (C=O) groups excluding carboxylic acids is 2. The van der Waals surface area contributed by atoms with Gasteiger partial charge in [0, 0.05) is 29.2 Å². The van der Waals surface area contributed by atoms with E-state index in [2.05, 4.69) is 10.1 Å². The predicted molar refractivity (Wildman–Crippen MR) is 140 cm³/mol. The summed E-state index contributed by atoms with van der Waals surface area (Å²) in [5.74, 6) is -1.19. The normalized spacial score (nSPS) is 24.0. The van der Waals surface area contributed by atoms with Crippen molar-refractivity contribution in [2.24, 2.45) is 11.7 Å². The van der Waals surface area contributed by atoms with Crippen molar-refractivity contribution in [3.63, 3.8) is 0 Å². The molecule has 1 aliphatic heterocycles. The molecule has 0 saturated heterocycles. The number of primary amides is 1. The van der Waals surface area contributed by atoms with Gasteiger partial charge in [0.15, 0.2) is 5.65 Å². The Hall–Kier alpha value is -4.14. The lowest BCUT2D eigenvalue weighted by Gasteiger charge is -2.36. The maximum atomic E-state index is 15.2. The Morgan fingerprint density at radius 2 is 1.82 bits per heavy atom. The van der Waals surface area contributed by atoms with Crippen LogP contribution in [-0.2, 0) is 4.79 Å². The molecule has 7 nitrogen and oxygen atoms in total. The monoisotopic (exact) mass is 527 g/mol. The third-order valence-corrected chi connectivity index (χ3v) is 8.39. The van der Waals surface area contributed by atoms with Crippen molar-refractivity contribution < 1.29 is 18.4 Å². The summed E-state index contributed by atoms with van der Waals surface area (Å²) in [6, 6.07) is 15.3. The Bertz CT molecular complexity index is 1660. The van der Waals surface area contributed by atoms with Crippen molar-refractivity contribution in [1.29, 1.82) is 0 Å². The molecule has 0 radical (unpaired) electrons. The molecule has 4 aromatic rings. The summed E-state index contributed by atoms with van der Waals surface area (Å²) in [5.41, 5.74) is 9.80. The number of halogens is 2. The van der Waals surface area contributed by atoms with Gasteiger partial charge in [-0.15, -0.1) is 0 Å². The van der Waals surface area contributed by atoms with E-state index in [-0.39, 0.29) is 47.8 Å². The van der Waals surface area contributed by atoms with Crippen molar-refractivity contribution in [3.8, 4) is 11.3 Å². The minimum atomic E-state index is -1.27. The van der Waals surface area contributed by atoms with E-state index in [1.165, 1.54) is 11.0 Å². The zero-order chi connectivity index (χ0) is 27.0. The standard InChI is InChI=1S/C30H27F2N5O2/c1-15-18-4-2-3-5-19(18)24(32)14-36(15)30(39)26-12-27(16-6-7-16)37-28(34-26)13-25(35-37)20-9-8-17(10-23(20)31)21-11-22(21)29(33)38/h2-5,8-10,12-13,15-16,21-22,24H,6-7,11,14H2,1H3,(H2,33,38)/t15-,21-,22+,24-/m1/s1. The highest BCUT2D eigenvalue weighted by atomic mass is 19.1. The zero-order valence-electron chi connectivity index (χ0n) is 21.3. The maximum absolute atomic E-state index is 15.2. The molecule has 0 spiro atoms. The van der Waals surface area contributed by atoms with Gasteiger partial charge in [-0.05, 0) is 67.0 Å². The van der Waals surface area contributed by atoms with Crippen LogP contribution in [0.4, 0.5) is 8.78 Å². The number of aromatic nitrogens is 3. The van der Waals surface area contributed by atoms with Gasteiger partial charge >= 0.3 is 0 Å². The van der Waals surface area contributed by atoms with Gasteiger partial charge in [0.2, 0.25) is 5.91 Å². The van der Waals surface area contributed by atoms with Crippen LogP contribution in [0.3, 0.4) is 0 Å². The minimum Gasteiger partial charge on any atom is -0.369 e. The Morgan fingerprint density at radius 1 is 1.05 bits per heavy atom. The highest BCUT2D eigenvalue weighted by molar-refractivity contribution is 5.93. The topological polar surface area (TPSA) is 93.6 Å². The number of hydrogen-bond acceptors (Lipinski definition) is 4. The van der Waals surface area contributed by atoms with Crippen molar-refractivity contribution in [3.05, 3.63) is 88.5 Å². The molecule has 3 aliphatic rings. The molecular weight excluding hydrogens is 500 g/mol. The summed E-state index contributed by atoms with van der Waals surface area (Å²) in [7, 11) is 0. The Balaban J connectivity index is 1.24. The Kier molecular flexibility index (Phi) is 5.33. The first-order chi connectivity index (χ1) is 18.8. The van der Waals surface area contributed by atoms with E-state index in [0.717, 1.165) is 29.7 Å². The van der Waals surface area contributed by atoms with Crippen LogP contribution in [0.25, 0.3) is 16.9 Å². The van der Waals surface area contributed by atoms with E-state index in [1.807, 2.05) is 31.2 Å². The lowest BCUT2D eigenvalue weighted by atomic mass is 9.92. The lowest BCUT2D eigenvalue weighted by Crippen LogP contribution is -2.40. The van der Waals surface area contributed by atoms with Gasteiger partial charge in [0.1, 0.15) is 17.7 Å². The fourth-order valence-electron chi connectivity index (χ4n) is 5.94. The van der Waals surface area contributed by atoms with Gasteiger partial charge in [-0.3, -0.25) is 9.59 Å². The zero-order valence-corrected chi connectivity index (χ0v) is 21.3. The molecule has 198 valence electrons. The molecule has 4 atom stereocenters. The van der Waals surface area contributed by atoms with E-state index in [1.54, 1.807) is 28.8 Å². The lowest BCUT2D eigenvalue weighted by molar-refractivity contribution is -0.119. The molecule has 2 amide bonds. The SMILES string of the molecule is C[C@@H]1c2ccccc2[C@H](F)CN1C(=O)c1cc(C2CC2)n2nc(-c3ccc([C@H]4C[C@@H]4C(N)=O)cc3F)cc2n1. The molecule has 7 rings (SSSR count). The number of amides is 2. The van der Waals surface area contributed by atoms with Crippen LogP contribution >= 0.6 is 0 Å². The number of rotatable bonds is 5. The Labute approximate surface area is 223 Å². The molecule has 0 unspecified atom stereocenters. The number of benzene rings is 2. The molecular formula is C30H27F2N5O2. The van der Waals surface area contributed by atoms with Gasteiger partial charge in [0.05, 0.1) is 18.3 Å². The summed E-state index contributed by atoms with van der Waals surface area (Å²) >= 11 is 0. The molecule has 0 bridgehead atoms. The molecule has 2 aliphatic carbocycles. The first-order valence-corrected chi connectivity index (χ1v) is 13.3. The summed E-state index contributed by atoms with van der Waals surface area (Å²) in [5, 5.41) is 4.66. The molecule has 2 fully saturated rings. The van der Waals surface area contributed by atoms with Crippen LogP contribution in [-0.4, -0.2) is 37.9 Å². The minimum absolute atomic E-state index is 0.0394. The third kappa shape index (κ3) is 3.99. The molecule has 2 N–H and O–H groups in total. The van der Waals surface area contributed by atoms with Crippen LogP contribution in [0.1, 0.15) is 83.1 Å². The summed E-state index contributed by atoms with van der Waals surface area (Å²) in [6.07, 6.45) is 1.30. The largest absolute Gasteiger partial charge is 0.369 e. The quantitative estimate of drug-likeness (QED) is 0.385. The number of alkyl halides is 1. The second kappa shape index (κ2) is 8.69. The summed E-state index contributed by atoms with van der Waals surface area (Å²) in [4.78, 5) is 31.3. The number of nitrogens with zero attached hydrogens (tertiary/aromatic N) is 4. The van der Waals surface area contributed by atoms with E-state index in [4.69, 9.17) is 5.73 Å². The summed E-state index contributed by atoms with van der Waals surface area (Å²) in [6.45, 7) is 1.86.